The summed E-state index contributed by atoms with van der Waals surface area (Å²) in [6, 6.07) is 45.3. The number of hydrogen-bond donors (Lipinski definition) is 0. The van der Waals surface area contributed by atoms with Crippen LogP contribution in [0.2, 0.25) is 0 Å². The smallest absolute Gasteiger partial charge is 0.0185 e. The third-order valence-corrected chi connectivity index (χ3v) is 13.4. The summed E-state index contributed by atoms with van der Waals surface area (Å²) >= 11 is 0. The molecule has 4 aromatic carbocycles. The lowest BCUT2D eigenvalue weighted by atomic mass is 9.79. The maximum atomic E-state index is 2.64. The van der Waals surface area contributed by atoms with E-state index in [2.05, 4.69) is 128 Å². The molecule has 1 aliphatic rings. The largest absolute Gasteiger partial charge is 0.0622 e. The molecule has 0 spiro atoms. The molecule has 0 aliphatic heterocycles. The van der Waals surface area contributed by atoms with E-state index in [9.17, 15) is 0 Å². The second-order valence-corrected chi connectivity index (χ2v) is 14.6. The quantitative estimate of drug-likeness (QED) is 0.212. The van der Waals surface area contributed by atoms with Gasteiger partial charge in [0.2, 0.25) is 0 Å². The average molecular weight is 495 g/mol. The molecule has 0 saturated heterocycles. The Morgan fingerprint density at radius 3 is 1.09 bits per heavy atom. The molecule has 0 nitrogen and oxygen atoms in total. The van der Waals surface area contributed by atoms with Gasteiger partial charge >= 0.3 is 0 Å². The molecular formula is C33H36P2. The predicted molar refractivity (Wildman–Crippen MR) is 158 cm³/mol. The molecule has 0 heterocycles. The molecule has 5 rings (SSSR count). The summed E-state index contributed by atoms with van der Waals surface area (Å²) in [5, 5.41) is 6.06. The van der Waals surface area contributed by atoms with E-state index in [0.717, 1.165) is 5.92 Å². The van der Waals surface area contributed by atoms with E-state index in [-0.39, 0.29) is 0 Å². The first-order valence-electron chi connectivity index (χ1n) is 13.0. The van der Waals surface area contributed by atoms with Gasteiger partial charge in [0.05, 0.1) is 0 Å². The van der Waals surface area contributed by atoms with Crippen LogP contribution in [0.3, 0.4) is 0 Å². The van der Waals surface area contributed by atoms with Crippen LogP contribution in [-0.4, -0.2) is 12.3 Å². The zero-order chi connectivity index (χ0) is 23.9. The minimum atomic E-state index is -0.413. The molecule has 0 unspecified atom stereocenters. The van der Waals surface area contributed by atoms with Crippen molar-refractivity contribution in [3.05, 3.63) is 121 Å². The van der Waals surface area contributed by atoms with Gasteiger partial charge in [-0.25, -0.2) is 0 Å². The van der Waals surface area contributed by atoms with Crippen LogP contribution in [0.15, 0.2) is 121 Å². The van der Waals surface area contributed by atoms with Crippen molar-refractivity contribution in [2.45, 2.75) is 32.6 Å². The van der Waals surface area contributed by atoms with Crippen LogP contribution in [-0.2, 0) is 0 Å². The first-order valence-corrected chi connectivity index (χ1v) is 16.0. The molecule has 4 aromatic rings. The third kappa shape index (κ3) is 5.94. The summed E-state index contributed by atoms with van der Waals surface area (Å²) in [4.78, 5) is 0. The maximum Gasteiger partial charge on any atom is -0.0185 e. The molecule has 0 N–H and O–H groups in total. The molecule has 0 aromatic heterocycles. The summed E-state index contributed by atoms with van der Waals surface area (Å²) in [5.41, 5.74) is 0.297. The van der Waals surface area contributed by atoms with Crippen LogP contribution < -0.4 is 21.2 Å². The van der Waals surface area contributed by atoms with E-state index in [0.29, 0.717) is 5.41 Å². The van der Waals surface area contributed by atoms with Crippen LogP contribution in [0.4, 0.5) is 0 Å². The summed E-state index contributed by atoms with van der Waals surface area (Å²) in [5.74, 6) is 0.803. The van der Waals surface area contributed by atoms with Crippen LogP contribution in [0.25, 0.3) is 0 Å². The molecule has 1 saturated carbocycles. The van der Waals surface area contributed by atoms with Crippen molar-refractivity contribution in [2.75, 3.05) is 12.3 Å². The van der Waals surface area contributed by atoms with Gasteiger partial charge in [-0.3, -0.25) is 0 Å². The Bertz CT molecular complexity index is 989. The summed E-state index contributed by atoms with van der Waals surface area (Å²) < 4.78 is 0. The fourth-order valence-corrected chi connectivity index (χ4v) is 11.6. The SMILES string of the molecule is CC(CP(c1ccccc1)c1ccccc1)(CP(c1ccccc1)c1ccccc1)C1CCCC1. The maximum absolute atomic E-state index is 2.64. The van der Waals surface area contributed by atoms with Gasteiger partial charge in [-0.05, 0) is 73.6 Å². The molecular weight excluding hydrogens is 458 g/mol. The normalized spacial score (nSPS) is 14.6. The second kappa shape index (κ2) is 11.6. The number of rotatable bonds is 9. The van der Waals surface area contributed by atoms with Gasteiger partial charge in [-0.2, -0.15) is 0 Å². The molecule has 1 aliphatic carbocycles. The lowest BCUT2D eigenvalue weighted by Crippen LogP contribution is -2.37. The Hall–Kier alpha value is -2.26. The van der Waals surface area contributed by atoms with Gasteiger partial charge in [0, 0.05) is 0 Å². The van der Waals surface area contributed by atoms with Gasteiger partial charge in [-0.1, -0.05) is 141 Å². The highest BCUT2D eigenvalue weighted by Gasteiger charge is 2.40. The summed E-state index contributed by atoms with van der Waals surface area (Å²) in [7, 11) is -0.826. The minimum absolute atomic E-state index is 0.297. The molecule has 178 valence electrons. The fraction of sp³-hybridized carbons (Fsp3) is 0.273. The van der Waals surface area contributed by atoms with Gasteiger partial charge < -0.3 is 0 Å². The lowest BCUT2D eigenvalue weighted by Gasteiger charge is -2.42. The molecule has 35 heavy (non-hydrogen) atoms. The molecule has 0 amide bonds. The second-order valence-electron chi connectivity index (χ2n) is 10.1. The van der Waals surface area contributed by atoms with E-state index in [1.165, 1.54) is 59.2 Å². The number of benzene rings is 4. The first-order chi connectivity index (χ1) is 17.2. The zero-order valence-electron chi connectivity index (χ0n) is 20.8. The Morgan fingerprint density at radius 1 is 0.514 bits per heavy atom. The highest BCUT2D eigenvalue weighted by molar-refractivity contribution is 7.74. The molecule has 0 bridgehead atoms. The number of hydrogen-bond acceptors (Lipinski definition) is 0. The van der Waals surface area contributed by atoms with Gasteiger partial charge in [0.25, 0.3) is 0 Å². The Balaban J connectivity index is 1.55. The Morgan fingerprint density at radius 2 is 0.800 bits per heavy atom. The Kier molecular flexibility index (Phi) is 8.13. The van der Waals surface area contributed by atoms with Crippen LogP contribution >= 0.6 is 15.8 Å². The van der Waals surface area contributed by atoms with Crippen LogP contribution in [0, 0.1) is 11.3 Å². The minimum Gasteiger partial charge on any atom is -0.0622 e. The average Bonchev–Trinajstić information content (AvgIpc) is 3.49. The fourth-order valence-electron chi connectivity index (χ4n) is 5.75. The summed E-state index contributed by atoms with van der Waals surface area (Å²) in [6.45, 7) is 2.64. The van der Waals surface area contributed by atoms with E-state index in [1.54, 1.807) is 0 Å². The zero-order valence-corrected chi connectivity index (χ0v) is 22.6. The molecule has 0 radical (unpaired) electrons. The third-order valence-electron chi connectivity index (χ3n) is 7.65. The van der Waals surface area contributed by atoms with Crippen LogP contribution in [0.5, 0.6) is 0 Å². The predicted octanol–water partition coefficient (Wildman–Crippen LogP) is 7.45. The van der Waals surface area contributed by atoms with Crippen molar-refractivity contribution < 1.29 is 0 Å². The van der Waals surface area contributed by atoms with E-state index in [4.69, 9.17) is 0 Å². The van der Waals surface area contributed by atoms with Gasteiger partial charge in [-0.15, -0.1) is 0 Å². The lowest BCUT2D eigenvalue weighted by molar-refractivity contribution is 0.258. The van der Waals surface area contributed by atoms with Gasteiger partial charge in [0.1, 0.15) is 0 Å². The van der Waals surface area contributed by atoms with Crippen LogP contribution in [0.1, 0.15) is 32.6 Å². The highest BCUT2D eigenvalue weighted by atomic mass is 31.1. The van der Waals surface area contributed by atoms with Crippen molar-refractivity contribution in [3.8, 4) is 0 Å². The summed E-state index contributed by atoms with van der Waals surface area (Å²) in [6.07, 6.45) is 8.08. The van der Waals surface area contributed by atoms with Crippen molar-refractivity contribution in [2.24, 2.45) is 11.3 Å². The molecule has 0 atom stereocenters. The van der Waals surface area contributed by atoms with Crippen molar-refractivity contribution in [3.63, 3.8) is 0 Å². The standard InChI is InChI=1S/C33H36P2/c1-33(28-16-14-15-17-28,26-34(29-18-6-2-7-19-29)30-20-8-3-9-21-30)27-35(31-22-10-4-11-23-31)32-24-12-5-13-25-32/h2-13,18-25,28H,14-17,26-27H2,1H3. The molecule has 1 fully saturated rings. The van der Waals surface area contributed by atoms with E-state index in [1.807, 2.05) is 0 Å². The van der Waals surface area contributed by atoms with E-state index < -0.39 is 15.8 Å². The molecule has 2 heteroatoms. The Labute approximate surface area is 214 Å². The van der Waals surface area contributed by atoms with Crippen molar-refractivity contribution in [1.29, 1.82) is 0 Å². The van der Waals surface area contributed by atoms with Gasteiger partial charge in [0.15, 0.2) is 0 Å². The first kappa shape index (κ1) is 24.4. The van der Waals surface area contributed by atoms with Crippen molar-refractivity contribution in [1.82, 2.24) is 0 Å². The monoisotopic (exact) mass is 494 g/mol. The topological polar surface area (TPSA) is 0 Å². The van der Waals surface area contributed by atoms with Crippen molar-refractivity contribution >= 4 is 37.1 Å². The van der Waals surface area contributed by atoms with E-state index >= 15 is 0 Å². The highest BCUT2D eigenvalue weighted by Crippen LogP contribution is 2.53.